The molecule has 0 unspecified atom stereocenters. The molecule has 0 spiro atoms. The summed E-state index contributed by atoms with van der Waals surface area (Å²) in [7, 11) is 0. The first-order chi connectivity index (χ1) is 12.3. The van der Waals surface area contributed by atoms with Crippen molar-refractivity contribution in [1.29, 1.82) is 0 Å². The molecule has 0 fully saturated rings. The highest BCUT2D eigenvalue weighted by Gasteiger charge is 2.01. The van der Waals surface area contributed by atoms with Crippen LogP contribution in [0, 0.1) is 0 Å². The summed E-state index contributed by atoms with van der Waals surface area (Å²) in [6.45, 7) is 18.9. The van der Waals surface area contributed by atoms with Gasteiger partial charge in [0.1, 0.15) is 0 Å². The molecule has 0 saturated heterocycles. The van der Waals surface area contributed by atoms with Crippen LogP contribution in [-0.4, -0.2) is 37.6 Å². The highest BCUT2D eigenvalue weighted by molar-refractivity contribution is 4.59. The standard InChI is InChI=1S/C16H37N3.3C2H6/c1-2-3-4-5-6-7-8-9-10-11-14-19(15-12-17)16-13-18;3*1-2/h2-18H2,1H3;3*1-2H3. The zero-order chi connectivity index (χ0) is 20.2. The van der Waals surface area contributed by atoms with E-state index in [9.17, 15) is 0 Å². The molecule has 3 nitrogen and oxygen atoms in total. The monoisotopic (exact) mass is 361 g/mol. The van der Waals surface area contributed by atoms with E-state index >= 15 is 0 Å². The molecule has 0 aliphatic rings. The summed E-state index contributed by atoms with van der Waals surface area (Å²) in [5.41, 5.74) is 11.2. The maximum absolute atomic E-state index is 5.60. The first-order valence-corrected chi connectivity index (χ1v) is 11.5. The molecule has 0 aromatic rings. The fourth-order valence-corrected chi connectivity index (χ4v) is 2.52. The largest absolute Gasteiger partial charge is 0.329 e. The van der Waals surface area contributed by atoms with Gasteiger partial charge in [-0.3, -0.25) is 0 Å². The Morgan fingerprint density at radius 1 is 0.480 bits per heavy atom. The lowest BCUT2D eigenvalue weighted by Crippen LogP contribution is -2.34. The van der Waals surface area contributed by atoms with Crippen LogP contribution in [0.4, 0.5) is 0 Å². The van der Waals surface area contributed by atoms with Crippen molar-refractivity contribution in [1.82, 2.24) is 4.90 Å². The summed E-state index contributed by atoms with van der Waals surface area (Å²) in [4.78, 5) is 2.39. The van der Waals surface area contributed by atoms with Crippen LogP contribution < -0.4 is 11.5 Å². The molecule has 0 aliphatic heterocycles. The van der Waals surface area contributed by atoms with Crippen molar-refractivity contribution >= 4 is 0 Å². The molecule has 0 aromatic carbocycles. The fraction of sp³-hybridized carbons (Fsp3) is 1.00. The van der Waals surface area contributed by atoms with E-state index in [1.165, 1.54) is 70.8 Å². The maximum Gasteiger partial charge on any atom is 0.0105 e. The van der Waals surface area contributed by atoms with Crippen LogP contribution in [0.5, 0.6) is 0 Å². The number of nitrogens with zero attached hydrogens (tertiary/aromatic N) is 1. The topological polar surface area (TPSA) is 55.3 Å². The van der Waals surface area contributed by atoms with Crippen LogP contribution in [0.1, 0.15) is 113 Å². The summed E-state index contributed by atoms with van der Waals surface area (Å²) in [6, 6.07) is 0. The SMILES string of the molecule is CC.CC.CC.CCCCCCCCCCCCN(CCN)CCN. The Morgan fingerprint density at radius 3 is 1.12 bits per heavy atom. The Morgan fingerprint density at radius 2 is 0.800 bits per heavy atom. The second-order valence-electron chi connectivity index (χ2n) is 5.60. The Kier molecular flexibility index (Phi) is 50.9. The van der Waals surface area contributed by atoms with E-state index in [2.05, 4.69) is 11.8 Å². The normalized spacial score (nSPS) is 9.36. The van der Waals surface area contributed by atoms with Gasteiger partial charge in [0.2, 0.25) is 0 Å². The van der Waals surface area contributed by atoms with Crippen molar-refractivity contribution in [3.05, 3.63) is 0 Å². The Labute approximate surface area is 162 Å². The highest BCUT2D eigenvalue weighted by Crippen LogP contribution is 2.10. The molecule has 0 aliphatic carbocycles. The van der Waals surface area contributed by atoms with Gasteiger partial charge >= 0.3 is 0 Å². The minimum absolute atomic E-state index is 0.748. The molecule has 4 N–H and O–H groups in total. The predicted molar refractivity (Wildman–Crippen MR) is 120 cm³/mol. The molecule has 25 heavy (non-hydrogen) atoms. The molecule has 3 heteroatoms. The van der Waals surface area contributed by atoms with Crippen LogP contribution in [0.15, 0.2) is 0 Å². The van der Waals surface area contributed by atoms with Gasteiger partial charge < -0.3 is 16.4 Å². The third-order valence-electron chi connectivity index (χ3n) is 3.72. The highest BCUT2D eigenvalue weighted by atomic mass is 15.1. The maximum atomic E-state index is 5.60. The third kappa shape index (κ3) is 35.8. The molecule has 0 aromatic heterocycles. The summed E-state index contributed by atoms with van der Waals surface area (Å²) in [5.74, 6) is 0. The average molecular weight is 362 g/mol. The van der Waals surface area contributed by atoms with Crippen molar-refractivity contribution < 1.29 is 0 Å². The molecule has 0 rings (SSSR count). The quantitative estimate of drug-likeness (QED) is 0.341. The van der Waals surface area contributed by atoms with Gasteiger partial charge in [-0.1, -0.05) is 106 Å². The first-order valence-electron chi connectivity index (χ1n) is 11.5. The number of hydrogen-bond donors (Lipinski definition) is 2. The average Bonchev–Trinajstić information content (AvgIpc) is 2.68. The van der Waals surface area contributed by atoms with Gasteiger partial charge in [-0.25, -0.2) is 0 Å². The molecule has 0 saturated carbocycles. The van der Waals surface area contributed by atoms with E-state index in [1.807, 2.05) is 41.5 Å². The molecular weight excluding hydrogens is 306 g/mol. The van der Waals surface area contributed by atoms with Gasteiger partial charge in [0.15, 0.2) is 0 Å². The lowest BCUT2D eigenvalue weighted by Gasteiger charge is -2.20. The molecule has 0 atom stereocenters. The van der Waals surface area contributed by atoms with Crippen LogP contribution >= 0.6 is 0 Å². The lowest BCUT2D eigenvalue weighted by molar-refractivity contribution is 0.281. The molecule has 0 amide bonds. The van der Waals surface area contributed by atoms with E-state index in [0.717, 1.165) is 26.2 Å². The zero-order valence-electron chi connectivity index (χ0n) is 19.2. The first kappa shape index (κ1) is 32.5. The minimum Gasteiger partial charge on any atom is -0.329 e. The van der Waals surface area contributed by atoms with Gasteiger partial charge in [-0.05, 0) is 13.0 Å². The van der Waals surface area contributed by atoms with Crippen molar-refractivity contribution in [2.24, 2.45) is 11.5 Å². The molecular formula is C22H55N3. The lowest BCUT2D eigenvalue weighted by atomic mass is 10.1. The number of rotatable bonds is 15. The Hall–Kier alpha value is -0.120. The van der Waals surface area contributed by atoms with Crippen molar-refractivity contribution in [3.63, 3.8) is 0 Å². The van der Waals surface area contributed by atoms with Gasteiger partial charge in [0, 0.05) is 26.2 Å². The summed E-state index contributed by atoms with van der Waals surface area (Å²) in [5, 5.41) is 0. The molecule has 0 radical (unpaired) electrons. The predicted octanol–water partition coefficient (Wildman–Crippen LogP) is 6.21. The summed E-state index contributed by atoms with van der Waals surface area (Å²) < 4.78 is 0. The molecule has 0 bridgehead atoms. The summed E-state index contributed by atoms with van der Waals surface area (Å²) in [6.07, 6.45) is 14.0. The number of hydrogen-bond acceptors (Lipinski definition) is 3. The minimum atomic E-state index is 0.748. The van der Waals surface area contributed by atoms with E-state index in [-0.39, 0.29) is 0 Å². The van der Waals surface area contributed by atoms with E-state index in [0.29, 0.717) is 0 Å². The zero-order valence-corrected chi connectivity index (χ0v) is 19.2. The van der Waals surface area contributed by atoms with Crippen LogP contribution in [-0.2, 0) is 0 Å². The van der Waals surface area contributed by atoms with Crippen LogP contribution in [0.25, 0.3) is 0 Å². The summed E-state index contributed by atoms with van der Waals surface area (Å²) >= 11 is 0. The van der Waals surface area contributed by atoms with Gasteiger partial charge in [0.25, 0.3) is 0 Å². The Balaban J connectivity index is -0.000000329. The van der Waals surface area contributed by atoms with Crippen LogP contribution in [0.3, 0.4) is 0 Å². The smallest absolute Gasteiger partial charge is 0.0105 e. The fourth-order valence-electron chi connectivity index (χ4n) is 2.52. The van der Waals surface area contributed by atoms with Gasteiger partial charge in [-0.2, -0.15) is 0 Å². The third-order valence-corrected chi connectivity index (χ3v) is 3.72. The number of nitrogens with two attached hydrogens (primary N) is 2. The van der Waals surface area contributed by atoms with Gasteiger partial charge in [0.05, 0.1) is 0 Å². The van der Waals surface area contributed by atoms with Crippen LogP contribution in [0.2, 0.25) is 0 Å². The van der Waals surface area contributed by atoms with Crippen molar-refractivity contribution in [2.75, 3.05) is 32.7 Å². The molecule has 158 valence electrons. The molecule has 0 heterocycles. The second kappa shape index (κ2) is 39.1. The van der Waals surface area contributed by atoms with E-state index < -0.39 is 0 Å². The Bertz CT molecular complexity index is 157. The number of unbranched alkanes of at least 4 members (excludes halogenated alkanes) is 9. The van der Waals surface area contributed by atoms with E-state index in [1.54, 1.807) is 0 Å². The van der Waals surface area contributed by atoms with E-state index in [4.69, 9.17) is 11.5 Å². The van der Waals surface area contributed by atoms with Crippen molar-refractivity contribution in [3.8, 4) is 0 Å². The van der Waals surface area contributed by atoms with Gasteiger partial charge in [-0.15, -0.1) is 0 Å². The second-order valence-corrected chi connectivity index (χ2v) is 5.60. The van der Waals surface area contributed by atoms with Crippen molar-refractivity contribution in [2.45, 2.75) is 113 Å².